The van der Waals surface area contributed by atoms with Crippen molar-refractivity contribution < 1.29 is 4.39 Å². The summed E-state index contributed by atoms with van der Waals surface area (Å²) in [6.07, 6.45) is 2.43. The van der Waals surface area contributed by atoms with E-state index in [1.165, 1.54) is 12.8 Å². The van der Waals surface area contributed by atoms with E-state index < -0.39 is 0 Å². The van der Waals surface area contributed by atoms with Crippen LogP contribution in [0.5, 0.6) is 0 Å². The molecule has 0 bridgehead atoms. The van der Waals surface area contributed by atoms with Crippen LogP contribution in [0.1, 0.15) is 18.4 Å². The lowest BCUT2D eigenvalue weighted by Crippen LogP contribution is -2.19. The number of aromatic nitrogens is 2. The van der Waals surface area contributed by atoms with E-state index in [4.69, 9.17) is 5.73 Å². The molecule has 2 N–H and O–H groups in total. The Balaban J connectivity index is 1.83. The lowest BCUT2D eigenvalue weighted by molar-refractivity contribution is 0.325. The minimum absolute atomic E-state index is 0.168. The maximum atomic E-state index is 14.2. The van der Waals surface area contributed by atoms with Gasteiger partial charge in [-0.2, -0.15) is 5.10 Å². The van der Waals surface area contributed by atoms with Crippen LogP contribution in [-0.2, 0) is 13.6 Å². The first-order valence-corrected chi connectivity index (χ1v) is 6.94. The highest BCUT2D eigenvalue weighted by atomic mass is 19.1. The van der Waals surface area contributed by atoms with Crippen molar-refractivity contribution in [3.8, 4) is 11.3 Å². The Labute approximate surface area is 118 Å². The zero-order valence-electron chi connectivity index (χ0n) is 11.6. The first kappa shape index (κ1) is 13.1. The Hall–Kier alpha value is -1.88. The quantitative estimate of drug-likeness (QED) is 0.935. The van der Waals surface area contributed by atoms with Crippen LogP contribution in [0, 0.1) is 5.82 Å². The standard InChI is InChI=1S/C15H19FN4/c1-19-15(17)9-14(18-19)11-4-5-12(13(16)8-11)10-20-6-2-3-7-20/h4-5,8-9H,2-3,6-7,10,17H2,1H3. The molecule has 0 unspecified atom stereocenters. The Bertz CT molecular complexity index is 595. The van der Waals surface area contributed by atoms with E-state index in [9.17, 15) is 4.39 Å². The fourth-order valence-corrected chi connectivity index (χ4v) is 2.64. The minimum atomic E-state index is -0.168. The molecule has 1 fully saturated rings. The van der Waals surface area contributed by atoms with Gasteiger partial charge >= 0.3 is 0 Å². The largest absolute Gasteiger partial charge is 0.384 e. The van der Waals surface area contributed by atoms with Gasteiger partial charge in [0.1, 0.15) is 11.6 Å². The number of aryl methyl sites for hydroxylation is 1. The fourth-order valence-electron chi connectivity index (χ4n) is 2.64. The van der Waals surface area contributed by atoms with Gasteiger partial charge in [-0.3, -0.25) is 9.58 Å². The number of rotatable bonds is 3. The molecule has 1 aromatic heterocycles. The van der Waals surface area contributed by atoms with Gasteiger partial charge in [0.2, 0.25) is 0 Å². The molecule has 0 amide bonds. The first-order valence-electron chi connectivity index (χ1n) is 6.94. The second-order valence-corrected chi connectivity index (χ2v) is 5.37. The summed E-state index contributed by atoms with van der Waals surface area (Å²) in [7, 11) is 1.77. The molecule has 106 valence electrons. The third-order valence-electron chi connectivity index (χ3n) is 3.86. The van der Waals surface area contributed by atoms with Crippen LogP contribution in [0.15, 0.2) is 24.3 Å². The van der Waals surface area contributed by atoms with Gasteiger partial charge in [0.05, 0.1) is 5.69 Å². The van der Waals surface area contributed by atoms with E-state index in [0.717, 1.165) is 24.2 Å². The van der Waals surface area contributed by atoms with Crippen molar-refractivity contribution in [3.63, 3.8) is 0 Å². The molecule has 0 spiro atoms. The van der Waals surface area contributed by atoms with E-state index in [1.54, 1.807) is 23.9 Å². The molecule has 2 aromatic rings. The molecule has 0 saturated carbocycles. The summed E-state index contributed by atoms with van der Waals surface area (Å²) in [5.41, 5.74) is 7.97. The second kappa shape index (κ2) is 5.25. The van der Waals surface area contributed by atoms with E-state index >= 15 is 0 Å². The predicted molar refractivity (Wildman–Crippen MR) is 77.5 cm³/mol. The average Bonchev–Trinajstić information content (AvgIpc) is 3.03. The number of benzene rings is 1. The zero-order chi connectivity index (χ0) is 14.1. The summed E-state index contributed by atoms with van der Waals surface area (Å²) in [6.45, 7) is 2.83. The van der Waals surface area contributed by atoms with Crippen molar-refractivity contribution in [3.05, 3.63) is 35.6 Å². The second-order valence-electron chi connectivity index (χ2n) is 5.37. The molecule has 2 heterocycles. The molecule has 20 heavy (non-hydrogen) atoms. The third-order valence-corrected chi connectivity index (χ3v) is 3.86. The maximum absolute atomic E-state index is 14.2. The molecule has 1 aliphatic heterocycles. The van der Waals surface area contributed by atoms with Crippen LogP contribution in [-0.4, -0.2) is 27.8 Å². The Morgan fingerprint density at radius 2 is 2.00 bits per heavy atom. The molecule has 0 radical (unpaired) electrons. The van der Waals surface area contributed by atoms with Gasteiger partial charge in [-0.25, -0.2) is 4.39 Å². The minimum Gasteiger partial charge on any atom is -0.384 e. The lowest BCUT2D eigenvalue weighted by atomic mass is 10.1. The zero-order valence-corrected chi connectivity index (χ0v) is 11.6. The smallest absolute Gasteiger partial charge is 0.128 e. The molecule has 1 aliphatic rings. The van der Waals surface area contributed by atoms with Crippen molar-refractivity contribution in [1.29, 1.82) is 0 Å². The average molecular weight is 274 g/mol. The number of nitrogen functional groups attached to an aromatic ring is 1. The van der Waals surface area contributed by atoms with E-state index in [1.807, 2.05) is 12.1 Å². The number of nitrogens with two attached hydrogens (primary N) is 1. The molecule has 1 saturated heterocycles. The van der Waals surface area contributed by atoms with Crippen molar-refractivity contribution in [1.82, 2.24) is 14.7 Å². The molecule has 3 rings (SSSR count). The van der Waals surface area contributed by atoms with Gasteiger partial charge < -0.3 is 5.73 Å². The number of likely N-dealkylation sites (tertiary alicyclic amines) is 1. The molecular formula is C15H19FN4. The van der Waals surface area contributed by atoms with E-state index in [2.05, 4.69) is 10.00 Å². The molecule has 5 heteroatoms. The maximum Gasteiger partial charge on any atom is 0.128 e. The topological polar surface area (TPSA) is 47.1 Å². The van der Waals surface area contributed by atoms with Crippen molar-refractivity contribution in [2.75, 3.05) is 18.8 Å². The highest BCUT2D eigenvalue weighted by Gasteiger charge is 2.15. The van der Waals surface area contributed by atoms with Crippen LogP contribution < -0.4 is 5.73 Å². The van der Waals surface area contributed by atoms with E-state index in [-0.39, 0.29) is 5.82 Å². The highest BCUT2D eigenvalue weighted by Crippen LogP contribution is 2.23. The molecular weight excluding hydrogens is 255 g/mol. The Morgan fingerprint density at radius 1 is 1.25 bits per heavy atom. The third kappa shape index (κ3) is 2.54. The van der Waals surface area contributed by atoms with Gasteiger partial charge in [-0.15, -0.1) is 0 Å². The predicted octanol–water partition coefficient (Wildman–Crippen LogP) is 2.40. The Morgan fingerprint density at radius 3 is 2.60 bits per heavy atom. The normalized spacial score (nSPS) is 15.9. The SMILES string of the molecule is Cn1nc(-c2ccc(CN3CCCC3)c(F)c2)cc1N. The van der Waals surface area contributed by atoms with Gasteiger partial charge in [-0.1, -0.05) is 12.1 Å². The molecule has 0 aliphatic carbocycles. The summed E-state index contributed by atoms with van der Waals surface area (Å²) >= 11 is 0. The van der Waals surface area contributed by atoms with Crippen molar-refractivity contribution >= 4 is 5.82 Å². The Kier molecular flexibility index (Phi) is 3.44. The van der Waals surface area contributed by atoms with Crippen LogP contribution in [0.25, 0.3) is 11.3 Å². The summed E-state index contributed by atoms with van der Waals surface area (Å²) in [5.74, 6) is 0.403. The summed E-state index contributed by atoms with van der Waals surface area (Å²) in [5, 5.41) is 4.27. The van der Waals surface area contributed by atoms with Gasteiger partial charge in [0, 0.05) is 30.8 Å². The summed E-state index contributed by atoms with van der Waals surface area (Å²) in [4.78, 5) is 2.29. The number of nitrogens with zero attached hydrogens (tertiary/aromatic N) is 3. The molecule has 0 atom stereocenters. The van der Waals surface area contributed by atoms with Crippen molar-refractivity contribution in [2.45, 2.75) is 19.4 Å². The van der Waals surface area contributed by atoms with Crippen LogP contribution in [0.4, 0.5) is 10.2 Å². The lowest BCUT2D eigenvalue weighted by Gasteiger charge is -2.15. The highest BCUT2D eigenvalue weighted by molar-refractivity contribution is 5.62. The van der Waals surface area contributed by atoms with E-state index in [0.29, 0.717) is 18.1 Å². The van der Waals surface area contributed by atoms with Crippen molar-refractivity contribution in [2.24, 2.45) is 7.05 Å². The van der Waals surface area contributed by atoms with Gasteiger partial charge in [0.15, 0.2) is 0 Å². The van der Waals surface area contributed by atoms with Crippen LogP contribution in [0.2, 0.25) is 0 Å². The summed E-state index contributed by atoms with van der Waals surface area (Å²) < 4.78 is 15.8. The van der Waals surface area contributed by atoms with Gasteiger partial charge in [0.25, 0.3) is 0 Å². The number of halogens is 1. The number of hydrogen-bond donors (Lipinski definition) is 1. The fraction of sp³-hybridized carbons (Fsp3) is 0.400. The first-order chi connectivity index (χ1) is 9.63. The number of anilines is 1. The number of hydrogen-bond acceptors (Lipinski definition) is 3. The van der Waals surface area contributed by atoms with Crippen LogP contribution in [0.3, 0.4) is 0 Å². The molecule has 1 aromatic carbocycles. The monoisotopic (exact) mass is 274 g/mol. The van der Waals surface area contributed by atoms with Crippen LogP contribution >= 0.6 is 0 Å². The van der Waals surface area contributed by atoms with Gasteiger partial charge in [-0.05, 0) is 32.0 Å². The molecule has 4 nitrogen and oxygen atoms in total. The summed E-state index contributed by atoms with van der Waals surface area (Å²) in [6, 6.07) is 7.08.